The molecule has 1 N–H and O–H groups in total. The summed E-state index contributed by atoms with van der Waals surface area (Å²) in [5.74, 6) is 0.805. The second kappa shape index (κ2) is 4.00. The standard InChI is InChI=1S/C8H15N3O2S/c1-7(6-14(3,12)13)11-5-4-10-8(11)9-2/h4-5,7H,6H2,1-3H3,(H,9,10). The molecule has 1 aromatic rings. The van der Waals surface area contributed by atoms with E-state index in [4.69, 9.17) is 0 Å². The van der Waals surface area contributed by atoms with Gasteiger partial charge in [-0.15, -0.1) is 0 Å². The van der Waals surface area contributed by atoms with Gasteiger partial charge in [-0.25, -0.2) is 13.4 Å². The maximum absolute atomic E-state index is 11.1. The SMILES string of the molecule is CNc1nccn1C(C)CS(C)(=O)=O. The summed E-state index contributed by atoms with van der Waals surface area (Å²) in [7, 11) is -1.19. The molecular formula is C8H15N3O2S. The average Bonchev–Trinajstić information content (AvgIpc) is 2.47. The van der Waals surface area contributed by atoms with Gasteiger partial charge < -0.3 is 9.88 Å². The topological polar surface area (TPSA) is 64.0 Å². The van der Waals surface area contributed by atoms with Crippen LogP contribution in [0.1, 0.15) is 13.0 Å². The number of imidazole rings is 1. The van der Waals surface area contributed by atoms with E-state index in [2.05, 4.69) is 10.3 Å². The quantitative estimate of drug-likeness (QED) is 0.799. The van der Waals surface area contributed by atoms with Crippen LogP contribution in [0.5, 0.6) is 0 Å². The minimum absolute atomic E-state index is 0.102. The number of rotatable bonds is 4. The summed E-state index contributed by atoms with van der Waals surface area (Å²) < 4.78 is 24.0. The van der Waals surface area contributed by atoms with Crippen molar-refractivity contribution in [2.75, 3.05) is 24.4 Å². The fraction of sp³-hybridized carbons (Fsp3) is 0.625. The number of anilines is 1. The first-order valence-corrected chi connectivity index (χ1v) is 6.38. The van der Waals surface area contributed by atoms with Crippen molar-refractivity contribution in [3.05, 3.63) is 12.4 Å². The Morgan fingerprint density at radius 2 is 2.29 bits per heavy atom. The molecule has 1 atom stereocenters. The van der Waals surface area contributed by atoms with Crippen LogP contribution in [0.25, 0.3) is 0 Å². The highest BCUT2D eigenvalue weighted by molar-refractivity contribution is 7.90. The number of aromatic nitrogens is 2. The minimum Gasteiger partial charge on any atom is -0.359 e. The number of nitrogens with one attached hydrogen (secondary N) is 1. The Morgan fingerprint density at radius 3 is 2.79 bits per heavy atom. The molecule has 0 amide bonds. The van der Waals surface area contributed by atoms with Gasteiger partial charge in [0.15, 0.2) is 0 Å². The van der Waals surface area contributed by atoms with E-state index in [1.807, 2.05) is 6.92 Å². The predicted molar refractivity (Wildman–Crippen MR) is 56.2 cm³/mol. The smallest absolute Gasteiger partial charge is 0.202 e. The minimum atomic E-state index is -2.95. The molecule has 0 bridgehead atoms. The van der Waals surface area contributed by atoms with Crippen LogP contribution in [0.3, 0.4) is 0 Å². The van der Waals surface area contributed by atoms with Gasteiger partial charge in [0.25, 0.3) is 0 Å². The van der Waals surface area contributed by atoms with Crippen molar-refractivity contribution in [2.24, 2.45) is 0 Å². The Kier molecular flexibility index (Phi) is 3.15. The second-order valence-electron chi connectivity index (χ2n) is 3.35. The van der Waals surface area contributed by atoms with Crippen molar-refractivity contribution in [1.82, 2.24) is 9.55 Å². The van der Waals surface area contributed by atoms with E-state index in [1.54, 1.807) is 24.0 Å². The van der Waals surface area contributed by atoms with Crippen LogP contribution >= 0.6 is 0 Å². The van der Waals surface area contributed by atoms with Crippen molar-refractivity contribution < 1.29 is 8.42 Å². The molecule has 6 heteroatoms. The van der Waals surface area contributed by atoms with E-state index in [-0.39, 0.29) is 11.8 Å². The molecule has 0 aliphatic heterocycles. The van der Waals surface area contributed by atoms with Crippen LogP contribution in [0.15, 0.2) is 12.4 Å². The van der Waals surface area contributed by atoms with Crippen molar-refractivity contribution in [3.63, 3.8) is 0 Å². The van der Waals surface area contributed by atoms with Gasteiger partial charge in [-0.1, -0.05) is 0 Å². The monoisotopic (exact) mass is 217 g/mol. The number of nitrogens with zero attached hydrogens (tertiary/aromatic N) is 2. The Labute approximate surface area is 84.1 Å². The van der Waals surface area contributed by atoms with Crippen LogP contribution in [0, 0.1) is 0 Å². The van der Waals surface area contributed by atoms with Crippen LogP contribution in [0.2, 0.25) is 0 Å². The van der Waals surface area contributed by atoms with Crippen molar-refractivity contribution in [3.8, 4) is 0 Å². The number of sulfone groups is 1. The summed E-state index contributed by atoms with van der Waals surface area (Å²) in [4.78, 5) is 4.04. The van der Waals surface area contributed by atoms with Gasteiger partial charge in [-0.2, -0.15) is 0 Å². The molecule has 1 aromatic heterocycles. The maximum Gasteiger partial charge on any atom is 0.202 e. The molecule has 0 saturated heterocycles. The zero-order valence-corrected chi connectivity index (χ0v) is 9.37. The molecule has 14 heavy (non-hydrogen) atoms. The Bertz CT molecular complexity index is 396. The summed E-state index contributed by atoms with van der Waals surface area (Å²) in [6.07, 6.45) is 4.64. The van der Waals surface area contributed by atoms with E-state index >= 15 is 0 Å². The molecule has 0 radical (unpaired) electrons. The van der Waals surface area contributed by atoms with Crippen LogP contribution < -0.4 is 5.32 Å². The van der Waals surface area contributed by atoms with Gasteiger partial charge in [-0.3, -0.25) is 0 Å². The third kappa shape index (κ3) is 2.73. The van der Waals surface area contributed by atoms with Gasteiger partial charge in [0, 0.05) is 31.7 Å². The molecule has 0 fully saturated rings. The van der Waals surface area contributed by atoms with Crippen molar-refractivity contribution in [1.29, 1.82) is 0 Å². The lowest BCUT2D eigenvalue weighted by Crippen LogP contribution is -2.17. The molecule has 0 aliphatic rings. The summed E-state index contributed by atoms with van der Waals surface area (Å²) in [5, 5.41) is 2.90. The van der Waals surface area contributed by atoms with Gasteiger partial charge >= 0.3 is 0 Å². The molecule has 0 spiro atoms. The van der Waals surface area contributed by atoms with E-state index in [1.165, 1.54) is 6.26 Å². The molecule has 0 aliphatic carbocycles. The summed E-state index contributed by atoms with van der Waals surface area (Å²) in [6.45, 7) is 1.85. The highest BCUT2D eigenvalue weighted by Crippen LogP contribution is 2.14. The van der Waals surface area contributed by atoms with E-state index in [0.717, 1.165) is 0 Å². The molecule has 5 nitrogen and oxygen atoms in total. The fourth-order valence-corrected chi connectivity index (χ4v) is 2.42. The summed E-state index contributed by atoms with van der Waals surface area (Å²) in [5.41, 5.74) is 0. The van der Waals surface area contributed by atoms with Crippen molar-refractivity contribution >= 4 is 15.8 Å². The zero-order chi connectivity index (χ0) is 10.8. The average molecular weight is 217 g/mol. The Hall–Kier alpha value is -1.04. The normalized spacial score (nSPS) is 13.9. The Balaban J connectivity index is 2.84. The van der Waals surface area contributed by atoms with Gasteiger partial charge in [0.1, 0.15) is 9.84 Å². The van der Waals surface area contributed by atoms with E-state index in [0.29, 0.717) is 5.95 Å². The molecular weight excluding hydrogens is 202 g/mol. The molecule has 0 aromatic carbocycles. The molecule has 0 saturated carbocycles. The fourth-order valence-electron chi connectivity index (χ4n) is 1.38. The van der Waals surface area contributed by atoms with Gasteiger partial charge in [0.05, 0.1) is 5.75 Å². The van der Waals surface area contributed by atoms with Crippen LogP contribution in [0.4, 0.5) is 5.95 Å². The highest BCUT2D eigenvalue weighted by Gasteiger charge is 2.14. The summed E-state index contributed by atoms with van der Waals surface area (Å²) in [6, 6.07) is -0.102. The lowest BCUT2D eigenvalue weighted by atomic mass is 10.4. The maximum atomic E-state index is 11.1. The second-order valence-corrected chi connectivity index (χ2v) is 5.53. The first kappa shape index (κ1) is 11.0. The largest absolute Gasteiger partial charge is 0.359 e. The zero-order valence-electron chi connectivity index (χ0n) is 8.56. The molecule has 1 heterocycles. The first-order valence-electron chi connectivity index (χ1n) is 4.32. The molecule has 1 unspecified atom stereocenters. The molecule has 1 rings (SSSR count). The first-order chi connectivity index (χ1) is 6.44. The molecule has 80 valence electrons. The van der Waals surface area contributed by atoms with Gasteiger partial charge in [0.2, 0.25) is 5.95 Å². The lowest BCUT2D eigenvalue weighted by Gasteiger charge is -2.14. The third-order valence-corrected chi connectivity index (χ3v) is 3.00. The Morgan fingerprint density at radius 1 is 1.64 bits per heavy atom. The predicted octanol–water partition coefficient (Wildman–Crippen LogP) is 0.530. The van der Waals surface area contributed by atoms with Crippen LogP contribution in [-0.4, -0.2) is 37.0 Å². The van der Waals surface area contributed by atoms with Gasteiger partial charge in [-0.05, 0) is 6.92 Å². The van der Waals surface area contributed by atoms with E-state index < -0.39 is 9.84 Å². The summed E-state index contributed by atoms with van der Waals surface area (Å²) >= 11 is 0. The number of hydrogen-bond donors (Lipinski definition) is 1. The van der Waals surface area contributed by atoms with Crippen LogP contribution in [-0.2, 0) is 9.84 Å². The highest BCUT2D eigenvalue weighted by atomic mass is 32.2. The number of hydrogen-bond acceptors (Lipinski definition) is 4. The lowest BCUT2D eigenvalue weighted by molar-refractivity contribution is 0.564. The third-order valence-electron chi connectivity index (χ3n) is 1.91. The van der Waals surface area contributed by atoms with E-state index in [9.17, 15) is 8.42 Å². The van der Waals surface area contributed by atoms with Crippen molar-refractivity contribution in [2.45, 2.75) is 13.0 Å².